The summed E-state index contributed by atoms with van der Waals surface area (Å²) < 4.78 is 9.59. The lowest BCUT2D eigenvalue weighted by molar-refractivity contribution is -0.148. The van der Waals surface area contributed by atoms with Gasteiger partial charge in [0.25, 0.3) is 5.91 Å². The van der Waals surface area contributed by atoms with E-state index < -0.39 is 30.5 Å². The molecule has 28 heavy (non-hydrogen) atoms. The Morgan fingerprint density at radius 1 is 1.14 bits per heavy atom. The third-order valence-electron chi connectivity index (χ3n) is 3.88. The fourth-order valence-corrected chi connectivity index (χ4v) is 2.58. The molecule has 148 valence electrons. The van der Waals surface area contributed by atoms with Gasteiger partial charge < -0.3 is 14.8 Å². The fraction of sp³-hybridized carbons (Fsp3) is 0.333. The Morgan fingerprint density at radius 2 is 1.89 bits per heavy atom. The predicted molar refractivity (Wildman–Crippen MR) is 105 cm³/mol. The fourth-order valence-electron chi connectivity index (χ4n) is 2.58. The van der Waals surface area contributed by atoms with Crippen LogP contribution in [0.15, 0.2) is 42.5 Å². The van der Waals surface area contributed by atoms with Crippen molar-refractivity contribution < 1.29 is 23.9 Å². The Balaban J connectivity index is 1.87. The molecule has 0 saturated carbocycles. The van der Waals surface area contributed by atoms with Crippen molar-refractivity contribution in [1.82, 2.24) is 10.3 Å². The lowest BCUT2D eigenvalue weighted by Crippen LogP contribution is -2.44. The predicted octanol–water partition coefficient (Wildman–Crippen LogP) is 2.50. The molecule has 2 aromatic rings. The van der Waals surface area contributed by atoms with E-state index >= 15 is 0 Å². The van der Waals surface area contributed by atoms with Gasteiger partial charge in [-0.25, -0.2) is 14.6 Å². The zero-order valence-electron chi connectivity index (χ0n) is 16.2. The Bertz CT molecular complexity index is 876. The minimum absolute atomic E-state index is 0.185. The minimum atomic E-state index is -0.770. The summed E-state index contributed by atoms with van der Waals surface area (Å²) in [5, 5.41) is 3.52. The van der Waals surface area contributed by atoms with Gasteiger partial charge in [-0.05, 0) is 30.5 Å². The summed E-state index contributed by atoms with van der Waals surface area (Å²) in [6.45, 7) is 3.36. The van der Waals surface area contributed by atoms with E-state index in [9.17, 15) is 14.4 Å². The van der Waals surface area contributed by atoms with E-state index in [1.54, 1.807) is 6.07 Å². The summed E-state index contributed by atoms with van der Waals surface area (Å²) in [4.78, 5) is 39.9. The highest BCUT2D eigenvalue weighted by Gasteiger charge is 2.22. The molecule has 0 fully saturated rings. The highest BCUT2D eigenvalue weighted by atomic mass is 16.5. The molecular formula is C21H24N2O5. The summed E-state index contributed by atoms with van der Waals surface area (Å²) in [6.07, 6.45) is 3.15. The number of carbonyl (C=O) groups is 3. The molecule has 1 atom stereocenters. The van der Waals surface area contributed by atoms with E-state index in [1.165, 1.54) is 19.3 Å². The van der Waals surface area contributed by atoms with E-state index in [-0.39, 0.29) is 5.92 Å². The molecule has 1 heterocycles. The van der Waals surface area contributed by atoms with Crippen LogP contribution in [-0.2, 0) is 23.9 Å². The molecule has 1 unspecified atom stereocenters. The smallest absolute Gasteiger partial charge is 0.331 e. The Kier molecular flexibility index (Phi) is 7.68. The highest BCUT2D eigenvalue weighted by molar-refractivity contribution is 5.90. The number of rotatable bonds is 8. The molecule has 1 amide bonds. The maximum absolute atomic E-state index is 11.9. The van der Waals surface area contributed by atoms with Crippen molar-refractivity contribution in [1.29, 1.82) is 0 Å². The van der Waals surface area contributed by atoms with Crippen LogP contribution in [0.4, 0.5) is 0 Å². The van der Waals surface area contributed by atoms with Gasteiger partial charge in [-0.3, -0.25) is 4.79 Å². The summed E-state index contributed by atoms with van der Waals surface area (Å²) in [5.41, 5.74) is 1.42. The van der Waals surface area contributed by atoms with Crippen LogP contribution in [-0.4, -0.2) is 42.6 Å². The van der Waals surface area contributed by atoms with Crippen LogP contribution in [0.25, 0.3) is 17.0 Å². The van der Waals surface area contributed by atoms with Crippen molar-refractivity contribution in [2.75, 3.05) is 13.7 Å². The van der Waals surface area contributed by atoms with Crippen LogP contribution in [0, 0.1) is 5.92 Å². The van der Waals surface area contributed by atoms with Crippen molar-refractivity contribution >= 4 is 34.8 Å². The zero-order chi connectivity index (χ0) is 20.5. The normalized spacial score (nSPS) is 12.1. The van der Waals surface area contributed by atoms with Gasteiger partial charge in [-0.1, -0.05) is 38.1 Å². The Labute approximate surface area is 163 Å². The average molecular weight is 384 g/mol. The second-order valence-corrected chi connectivity index (χ2v) is 6.64. The van der Waals surface area contributed by atoms with Gasteiger partial charge in [-0.15, -0.1) is 0 Å². The molecule has 7 nitrogen and oxygen atoms in total. The number of pyridine rings is 1. The van der Waals surface area contributed by atoms with E-state index in [4.69, 9.17) is 4.74 Å². The van der Waals surface area contributed by atoms with Crippen LogP contribution in [0.2, 0.25) is 0 Å². The molecule has 1 aromatic carbocycles. The minimum Gasteiger partial charge on any atom is -0.467 e. The third kappa shape index (κ3) is 6.50. The number of fused-ring (bicyclic) bond motifs is 1. The molecule has 0 saturated heterocycles. The van der Waals surface area contributed by atoms with E-state index in [0.29, 0.717) is 12.1 Å². The molecule has 1 N–H and O–H groups in total. The number of hydrogen-bond donors (Lipinski definition) is 1. The maximum atomic E-state index is 11.9. The zero-order valence-corrected chi connectivity index (χ0v) is 16.2. The van der Waals surface area contributed by atoms with Gasteiger partial charge in [0.2, 0.25) is 0 Å². The molecule has 0 bridgehead atoms. The van der Waals surface area contributed by atoms with E-state index in [2.05, 4.69) is 15.0 Å². The molecular weight excluding hydrogens is 360 g/mol. The number of nitrogens with one attached hydrogen (secondary N) is 1. The van der Waals surface area contributed by atoms with Crippen molar-refractivity contribution in [3.8, 4) is 0 Å². The lowest BCUT2D eigenvalue weighted by atomic mass is 10.0. The standard InChI is InChI=1S/C21H24N2O5/c1-14(2)12-18(21(26)27-3)23-19(24)13-28-20(25)11-10-16-9-8-15-6-4-5-7-17(15)22-16/h4-11,14,18H,12-13H2,1-3H3,(H,23,24)/b11-10+. The average Bonchev–Trinajstić information content (AvgIpc) is 2.69. The molecule has 0 aliphatic carbocycles. The molecule has 7 heteroatoms. The Hall–Kier alpha value is -3.22. The number of carbonyl (C=O) groups excluding carboxylic acids is 3. The Morgan fingerprint density at radius 3 is 2.61 bits per heavy atom. The maximum Gasteiger partial charge on any atom is 0.331 e. The lowest BCUT2D eigenvalue weighted by Gasteiger charge is -2.18. The van der Waals surface area contributed by atoms with Gasteiger partial charge in [0.05, 0.1) is 18.3 Å². The largest absolute Gasteiger partial charge is 0.467 e. The summed E-state index contributed by atoms with van der Waals surface area (Å²) in [5.74, 6) is -1.59. The third-order valence-corrected chi connectivity index (χ3v) is 3.88. The molecule has 0 radical (unpaired) electrons. The molecule has 0 aliphatic rings. The van der Waals surface area contributed by atoms with Gasteiger partial charge >= 0.3 is 11.9 Å². The van der Waals surface area contributed by atoms with Crippen LogP contribution in [0.5, 0.6) is 0 Å². The topological polar surface area (TPSA) is 94.6 Å². The van der Waals surface area contributed by atoms with Crippen LogP contribution in [0.1, 0.15) is 26.0 Å². The summed E-state index contributed by atoms with van der Waals surface area (Å²) in [6, 6.07) is 10.6. The van der Waals surface area contributed by atoms with E-state index in [0.717, 1.165) is 10.9 Å². The van der Waals surface area contributed by atoms with Crippen molar-refractivity contribution in [3.63, 3.8) is 0 Å². The monoisotopic (exact) mass is 384 g/mol. The van der Waals surface area contributed by atoms with Crippen molar-refractivity contribution in [2.24, 2.45) is 5.92 Å². The number of nitrogens with zero attached hydrogens (tertiary/aromatic N) is 1. The first kappa shape index (κ1) is 21.1. The highest BCUT2D eigenvalue weighted by Crippen LogP contribution is 2.12. The van der Waals surface area contributed by atoms with Gasteiger partial charge in [0, 0.05) is 11.5 Å². The number of benzene rings is 1. The first-order valence-corrected chi connectivity index (χ1v) is 8.97. The van der Waals surface area contributed by atoms with Crippen molar-refractivity contribution in [2.45, 2.75) is 26.3 Å². The van der Waals surface area contributed by atoms with E-state index in [1.807, 2.05) is 44.2 Å². The van der Waals surface area contributed by atoms with Gasteiger partial charge in [-0.2, -0.15) is 0 Å². The second-order valence-electron chi connectivity index (χ2n) is 6.64. The van der Waals surface area contributed by atoms with Crippen LogP contribution >= 0.6 is 0 Å². The first-order valence-electron chi connectivity index (χ1n) is 8.97. The number of para-hydroxylation sites is 1. The van der Waals surface area contributed by atoms with Gasteiger partial charge in [0.1, 0.15) is 6.04 Å². The summed E-state index contributed by atoms with van der Waals surface area (Å²) in [7, 11) is 1.26. The molecule has 1 aromatic heterocycles. The first-order chi connectivity index (χ1) is 13.4. The quantitative estimate of drug-likeness (QED) is 0.555. The molecule has 0 aliphatic heterocycles. The number of amides is 1. The number of esters is 2. The number of aromatic nitrogens is 1. The molecule has 2 rings (SSSR count). The van der Waals surface area contributed by atoms with Crippen molar-refractivity contribution in [3.05, 3.63) is 48.2 Å². The number of hydrogen-bond acceptors (Lipinski definition) is 6. The van der Waals surface area contributed by atoms with Gasteiger partial charge in [0.15, 0.2) is 6.61 Å². The second kappa shape index (κ2) is 10.2. The molecule has 0 spiro atoms. The number of ether oxygens (including phenoxy) is 2. The van der Waals surface area contributed by atoms with Crippen LogP contribution < -0.4 is 5.32 Å². The SMILES string of the molecule is COC(=O)C(CC(C)C)NC(=O)COC(=O)/C=C/c1ccc2ccccc2n1. The van der Waals surface area contributed by atoms with Crippen LogP contribution in [0.3, 0.4) is 0 Å². The summed E-state index contributed by atoms with van der Waals surface area (Å²) >= 11 is 0. The number of methoxy groups -OCH3 is 1.